The number of nitrogens with zero attached hydrogens (tertiary/aromatic N) is 2. The lowest BCUT2D eigenvalue weighted by Gasteiger charge is -2.33. The molecule has 0 radical (unpaired) electrons. The Bertz CT molecular complexity index is 619. The molecular weight excluding hydrogens is 280 g/mol. The number of hydrogen-bond donors (Lipinski definition) is 1. The van der Waals surface area contributed by atoms with Crippen LogP contribution < -0.4 is 0 Å². The Morgan fingerprint density at radius 1 is 1.20 bits per heavy atom. The van der Waals surface area contributed by atoms with Crippen LogP contribution >= 0.6 is 0 Å². The summed E-state index contributed by atoms with van der Waals surface area (Å²) in [6.07, 6.45) is 0. The molecule has 110 valence electrons. The maximum Gasteiger partial charge on any atom is 0.246 e. The number of carbonyl (C=O) groups is 1. The smallest absolute Gasteiger partial charge is 0.246 e. The molecule has 1 amide bonds. The minimum absolute atomic E-state index is 0.0551. The van der Waals surface area contributed by atoms with E-state index in [1.54, 1.807) is 17.9 Å². The number of phenolic OH excluding ortho intramolecular Hbond substituents is 1. The number of benzene rings is 1. The standard InChI is InChI=1S/C13H18N2O4S/c1-10-3-4-12(17)13(9-10)20(18,19)15-7-5-14(6-8-15)11(2)16/h3-4,9,17H,5-8H2,1-2H3. The van der Waals surface area contributed by atoms with E-state index in [9.17, 15) is 18.3 Å². The predicted molar refractivity (Wildman–Crippen MR) is 73.9 cm³/mol. The first kappa shape index (κ1) is 14.8. The number of phenols is 1. The van der Waals surface area contributed by atoms with Crippen LogP contribution in [0.2, 0.25) is 0 Å². The molecule has 6 nitrogen and oxygen atoms in total. The zero-order valence-electron chi connectivity index (χ0n) is 11.5. The van der Waals surface area contributed by atoms with Gasteiger partial charge in [0, 0.05) is 33.1 Å². The number of aryl methyl sites for hydroxylation is 1. The Hall–Kier alpha value is -1.60. The van der Waals surface area contributed by atoms with Crippen molar-refractivity contribution in [2.24, 2.45) is 0 Å². The van der Waals surface area contributed by atoms with Crippen molar-refractivity contribution in [2.45, 2.75) is 18.7 Å². The van der Waals surface area contributed by atoms with Crippen LogP contribution in [0, 0.1) is 6.92 Å². The maximum atomic E-state index is 12.5. The highest BCUT2D eigenvalue weighted by Crippen LogP contribution is 2.27. The van der Waals surface area contributed by atoms with Crippen molar-refractivity contribution in [3.8, 4) is 5.75 Å². The molecule has 0 spiro atoms. The van der Waals surface area contributed by atoms with Gasteiger partial charge in [0.25, 0.3) is 0 Å². The molecule has 0 atom stereocenters. The monoisotopic (exact) mass is 298 g/mol. The number of amides is 1. The van der Waals surface area contributed by atoms with Gasteiger partial charge in [-0.05, 0) is 24.6 Å². The molecule has 0 bridgehead atoms. The summed E-state index contributed by atoms with van der Waals surface area (Å²) in [5.41, 5.74) is 0.767. The van der Waals surface area contributed by atoms with Crippen LogP contribution in [0.5, 0.6) is 5.75 Å². The van der Waals surface area contributed by atoms with Gasteiger partial charge in [-0.3, -0.25) is 4.79 Å². The van der Waals surface area contributed by atoms with Crippen LogP contribution in [0.3, 0.4) is 0 Å². The van der Waals surface area contributed by atoms with Crippen LogP contribution in [0.1, 0.15) is 12.5 Å². The van der Waals surface area contributed by atoms with Gasteiger partial charge in [-0.25, -0.2) is 8.42 Å². The van der Waals surface area contributed by atoms with Gasteiger partial charge < -0.3 is 10.0 Å². The lowest BCUT2D eigenvalue weighted by atomic mass is 10.2. The van der Waals surface area contributed by atoms with E-state index >= 15 is 0 Å². The van der Waals surface area contributed by atoms with Crippen molar-refractivity contribution in [2.75, 3.05) is 26.2 Å². The first-order valence-corrected chi connectivity index (χ1v) is 7.81. The van der Waals surface area contributed by atoms with Gasteiger partial charge in [0.15, 0.2) is 0 Å². The normalized spacial score (nSPS) is 17.2. The molecule has 0 aromatic heterocycles. The summed E-state index contributed by atoms with van der Waals surface area (Å²) in [6.45, 7) is 4.48. The molecule has 2 rings (SSSR count). The van der Waals surface area contributed by atoms with Crippen LogP contribution in [0.4, 0.5) is 0 Å². The maximum absolute atomic E-state index is 12.5. The molecule has 1 N–H and O–H groups in total. The molecule has 1 saturated heterocycles. The van der Waals surface area contributed by atoms with Crippen molar-refractivity contribution in [3.05, 3.63) is 23.8 Å². The molecule has 20 heavy (non-hydrogen) atoms. The molecule has 1 aliphatic heterocycles. The van der Waals surface area contributed by atoms with Crippen molar-refractivity contribution in [1.82, 2.24) is 9.21 Å². The molecule has 0 saturated carbocycles. The fourth-order valence-electron chi connectivity index (χ4n) is 2.21. The molecule has 1 aromatic rings. The van der Waals surface area contributed by atoms with Gasteiger partial charge >= 0.3 is 0 Å². The third-order valence-corrected chi connectivity index (χ3v) is 5.34. The minimum atomic E-state index is -3.72. The topological polar surface area (TPSA) is 77.9 Å². The molecule has 0 unspecified atom stereocenters. The van der Waals surface area contributed by atoms with Crippen LogP contribution in [0.15, 0.2) is 23.1 Å². The van der Waals surface area contributed by atoms with Crippen molar-refractivity contribution >= 4 is 15.9 Å². The van der Waals surface area contributed by atoms with E-state index < -0.39 is 10.0 Å². The van der Waals surface area contributed by atoms with Gasteiger partial charge in [-0.1, -0.05) is 6.07 Å². The second-order valence-electron chi connectivity index (χ2n) is 4.88. The number of rotatable bonds is 2. The zero-order valence-corrected chi connectivity index (χ0v) is 12.4. The summed E-state index contributed by atoms with van der Waals surface area (Å²) in [5, 5.41) is 9.77. The summed E-state index contributed by atoms with van der Waals surface area (Å²) < 4.78 is 26.3. The van der Waals surface area contributed by atoms with Gasteiger partial charge in [0.1, 0.15) is 10.6 Å². The van der Waals surface area contributed by atoms with Gasteiger partial charge in [-0.2, -0.15) is 4.31 Å². The highest BCUT2D eigenvalue weighted by molar-refractivity contribution is 7.89. The van der Waals surface area contributed by atoms with E-state index in [4.69, 9.17) is 0 Å². The first-order chi connectivity index (χ1) is 9.32. The fraction of sp³-hybridized carbons (Fsp3) is 0.462. The summed E-state index contributed by atoms with van der Waals surface area (Å²) in [7, 11) is -3.72. The molecule has 1 fully saturated rings. The summed E-state index contributed by atoms with van der Waals surface area (Å²) in [5.74, 6) is -0.301. The van der Waals surface area contributed by atoms with E-state index in [-0.39, 0.29) is 29.6 Å². The average molecular weight is 298 g/mol. The number of carbonyl (C=O) groups excluding carboxylic acids is 1. The largest absolute Gasteiger partial charge is 0.507 e. The lowest BCUT2D eigenvalue weighted by Crippen LogP contribution is -2.49. The van der Waals surface area contributed by atoms with Crippen LogP contribution in [0.25, 0.3) is 0 Å². The number of hydrogen-bond acceptors (Lipinski definition) is 4. The Morgan fingerprint density at radius 3 is 2.35 bits per heavy atom. The van der Waals surface area contributed by atoms with Gasteiger partial charge in [0.2, 0.25) is 15.9 Å². The Balaban J connectivity index is 2.24. The quantitative estimate of drug-likeness (QED) is 0.865. The van der Waals surface area contributed by atoms with Crippen LogP contribution in [-0.4, -0.2) is 54.8 Å². The summed E-state index contributed by atoms with van der Waals surface area (Å²) in [4.78, 5) is 12.8. The zero-order chi connectivity index (χ0) is 14.9. The molecule has 7 heteroatoms. The number of piperazine rings is 1. The molecule has 0 aliphatic carbocycles. The van der Waals surface area contributed by atoms with Crippen molar-refractivity contribution in [1.29, 1.82) is 0 Å². The number of sulfonamides is 1. The summed E-state index contributed by atoms with van der Waals surface area (Å²) >= 11 is 0. The van der Waals surface area contributed by atoms with Gasteiger partial charge in [0.05, 0.1) is 0 Å². The Labute approximate surface area is 118 Å². The molecular formula is C13H18N2O4S. The van der Waals surface area contributed by atoms with Crippen LogP contribution in [-0.2, 0) is 14.8 Å². The average Bonchev–Trinajstić information content (AvgIpc) is 2.41. The highest BCUT2D eigenvalue weighted by Gasteiger charge is 2.31. The fourth-order valence-corrected chi connectivity index (χ4v) is 3.80. The predicted octanol–water partition coefficient (Wildman–Crippen LogP) is 0.553. The van der Waals surface area contributed by atoms with Crippen molar-refractivity contribution in [3.63, 3.8) is 0 Å². The van der Waals surface area contributed by atoms with E-state index in [0.717, 1.165) is 5.56 Å². The third-order valence-electron chi connectivity index (χ3n) is 3.42. The third kappa shape index (κ3) is 2.78. The van der Waals surface area contributed by atoms with E-state index in [0.29, 0.717) is 13.1 Å². The SMILES string of the molecule is CC(=O)N1CCN(S(=O)(=O)c2cc(C)ccc2O)CC1. The van der Waals surface area contributed by atoms with E-state index in [2.05, 4.69) is 0 Å². The summed E-state index contributed by atoms with van der Waals surface area (Å²) in [6, 6.07) is 4.50. The number of aromatic hydroxyl groups is 1. The molecule has 1 aliphatic rings. The Morgan fingerprint density at radius 2 is 1.80 bits per heavy atom. The second-order valence-corrected chi connectivity index (χ2v) is 6.79. The molecule has 1 aromatic carbocycles. The van der Waals surface area contributed by atoms with Gasteiger partial charge in [-0.15, -0.1) is 0 Å². The highest BCUT2D eigenvalue weighted by atomic mass is 32.2. The second kappa shape index (κ2) is 5.41. The van der Waals surface area contributed by atoms with E-state index in [1.165, 1.54) is 23.4 Å². The lowest BCUT2D eigenvalue weighted by molar-refractivity contribution is -0.129. The minimum Gasteiger partial charge on any atom is -0.507 e. The van der Waals surface area contributed by atoms with E-state index in [1.807, 2.05) is 0 Å². The Kier molecular flexibility index (Phi) is 4.01. The van der Waals surface area contributed by atoms with Crippen molar-refractivity contribution < 1.29 is 18.3 Å². The first-order valence-electron chi connectivity index (χ1n) is 6.37. The molecule has 1 heterocycles.